The highest BCUT2D eigenvalue weighted by molar-refractivity contribution is 9.10. The molecule has 0 fully saturated rings. The number of allylic oxidation sites excluding steroid dienone is 1. The first kappa shape index (κ1) is 31.5. The standard InChI is InChI=1S/C35H35BrN2O5S/c1-7-41-29-16-24(12-13-28(29)43-19-27-21(4)14-20(3)15-22(27)5)17-30-33(39)38-32(25-10-9-11-26(36)18-25)31(34(40)42-8-2)23(6)37-35(38)44-30/h9-18,32H,7-8,19H2,1-6H3/b30-17-/t32-/m1/s1. The van der Waals surface area contributed by atoms with Crippen LogP contribution in [0.2, 0.25) is 0 Å². The number of hydrogen-bond acceptors (Lipinski definition) is 7. The fraction of sp³-hybridized carbons (Fsp3) is 0.286. The molecule has 5 rings (SSSR count). The zero-order valence-electron chi connectivity index (χ0n) is 25.7. The van der Waals surface area contributed by atoms with Gasteiger partial charge in [0.2, 0.25) is 0 Å². The fourth-order valence-corrected chi connectivity index (χ4v) is 6.99. The summed E-state index contributed by atoms with van der Waals surface area (Å²) in [5.74, 6) is 0.749. The van der Waals surface area contributed by atoms with Crippen LogP contribution < -0.4 is 24.4 Å². The summed E-state index contributed by atoms with van der Waals surface area (Å²) in [5.41, 5.74) is 6.96. The first-order valence-corrected chi connectivity index (χ1v) is 16.1. The molecule has 3 aromatic carbocycles. The van der Waals surface area contributed by atoms with E-state index in [0.29, 0.717) is 45.3 Å². The molecule has 7 nitrogen and oxygen atoms in total. The molecule has 1 atom stereocenters. The van der Waals surface area contributed by atoms with Crippen LogP contribution in [0.25, 0.3) is 6.08 Å². The van der Waals surface area contributed by atoms with Crippen molar-refractivity contribution in [3.8, 4) is 11.5 Å². The van der Waals surface area contributed by atoms with E-state index in [4.69, 9.17) is 14.2 Å². The molecule has 228 valence electrons. The molecule has 44 heavy (non-hydrogen) atoms. The van der Waals surface area contributed by atoms with Gasteiger partial charge < -0.3 is 14.2 Å². The van der Waals surface area contributed by atoms with Gasteiger partial charge in [0.15, 0.2) is 16.3 Å². The molecule has 0 saturated carbocycles. The van der Waals surface area contributed by atoms with Crippen LogP contribution in [0.5, 0.6) is 11.5 Å². The van der Waals surface area contributed by atoms with Gasteiger partial charge in [0.25, 0.3) is 5.56 Å². The molecule has 0 amide bonds. The number of halogens is 1. The number of aryl methyl sites for hydroxylation is 3. The van der Waals surface area contributed by atoms with Crippen LogP contribution in [0.15, 0.2) is 80.1 Å². The average molecular weight is 676 g/mol. The van der Waals surface area contributed by atoms with E-state index in [1.165, 1.54) is 28.0 Å². The highest BCUT2D eigenvalue weighted by atomic mass is 79.9. The van der Waals surface area contributed by atoms with E-state index in [-0.39, 0.29) is 12.2 Å². The largest absolute Gasteiger partial charge is 0.490 e. The quantitative estimate of drug-likeness (QED) is 0.190. The molecule has 1 aromatic heterocycles. The van der Waals surface area contributed by atoms with Gasteiger partial charge in [-0.15, -0.1) is 0 Å². The highest BCUT2D eigenvalue weighted by Crippen LogP contribution is 2.33. The molecule has 0 spiro atoms. The predicted octanol–water partition coefficient (Wildman–Crippen LogP) is 6.46. The summed E-state index contributed by atoms with van der Waals surface area (Å²) in [5, 5.41) is 0. The molecular formula is C35H35BrN2O5S. The van der Waals surface area contributed by atoms with E-state index in [9.17, 15) is 9.59 Å². The summed E-state index contributed by atoms with van der Waals surface area (Å²) < 4.78 is 20.5. The minimum Gasteiger partial charge on any atom is -0.490 e. The van der Waals surface area contributed by atoms with Crippen molar-refractivity contribution in [3.05, 3.63) is 123 Å². The van der Waals surface area contributed by atoms with Crippen LogP contribution >= 0.6 is 27.3 Å². The van der Waals surface area contributed by atoms with Gasteiger partial charge in [-0.2, -0.15) is 0 Å². The Balaban J connectivity index is 1.55. The summed E-state index contributed by atoms with van der Waals surface area (Å²) >= 11 is 4.81. The van der Waals surface area contributed by atoms with Gasteiger partial charge in [-0.25, -0.2) is 9.79 Å². The van der Waals surface area contributed by atoms with E-state index in [1.54, 1.807) is 18.4 Å². The lowest BCUT2D eigenvalue weighted by atomic mass is 9.96. The maximum atomic E-state index is 14.0. The average Bonchev–Trinajstić information content (AvgIpc) is 3.26. The normalized spacial score (nSPS) is 14.7. The lowest BCUT2D eigenvalue weighted by Gasteiger charge is -2.24. The van der Waals surface area contributed by atoms with Crippen LogP contribution in [0.3, 0.4) is 0 Å². The van der Waals surface area contributed by atoms with Crippen molar-refractivity contribution >= 4 is 39.3 Å². The first-order chi connectivity index (χ1) is 21.1. The van der Waals surface area contributed by atoms with Crippen molar-refractivity contribution in [1.82, 2.24) is 4.57 Å². The van der Waals surface area contributed by atoms with E-state index in [2.05, 4.69) is 53.8 Å². The molecule has 1 aliphatic rings. The van der Waals surface area contributed by atoms with Crippen molar-refractivity contribution in [2.45, 2.75) is 54.2 Å². The smallest absolute Gasteiger partial charge is 0.338 e. The zero-order valence-corrected chi connectivity index (χ0v) is 28.1. The molecular weight excluding hydrogens is 640 g/mol. The molecule has 0 bridgehead atoms. The lowest BCUT2D eigenvalue weighted by Crippen LogP contribution is -2.39. The highest BCUT2D eigenvalue weighted by Gasteiger charge is 2.33. The van der Waals surface area contributed by atoms with Crippen molar-refractivity contribution in [1.29, 1.82) is 0 Å². The topological polar surface area (TPSA) is 79.1 Å². The third-order valence-corrected chi connectivity index (χ3v) is 8.94. The van der Waals surface area contributed by atoms with E-state index < -0.39 is 12.0 Å². The number of aromatic nitrogens is 1. The monoisotopic (exact) mass is 674 g/mol. The molecule has 1 aliphatic heterocycles. The molecule has 0 unspecified atom stereocenters. The summed E-state index contributed by atoms with van der Waals surface area (Å²) in [7, 11) is 0. The summed E-state index contributed by atoms with van der Waals surface area (Å²) in [6, 6.07) is 16.9. The molecule has 0 N–H and O–H groups in total. The number of benzene rings is 3. The van der Waals surface area contributed by atoms with Crippen LogP contribution in [0, 0.1) is 20.8 Å². The number of fused-ring (bicyclic) bond motifs is 1. The summed E-state index contributed by atoms with van der Waals surface area (Å²) in [6.07, 6.45) is 1.83. The van der Waals surface area contributed by atoms with Crippen molar-refractivity contribution in [2.24, 2.45) is 4.99 Å². The number of hydrogen-bond donors (Lipinski definition) is 0. The number of thiazole rings is 1. The summed E-state index contributed by atoms with van der Waals surface area (Å²) in [4.78, 5) is 32.3. The minimum absolute atomic E-state index is 0.220. The second kappa shape index (κ2) is 13.4. The second-order valence-electron chi connectivity index (χ2n) is 10.7. The van der Waals surface area contributed by atoms with Crippen LogP contribution in [-0.2, 0) is 16.1 Å². The molecule has 4 aromatic rings. The second-order valence-corrected chi connectivity index (χ2v) is 12.6. The molecule has 2 heterocycles. The van der Waals surface area contributed by atoms with Gasteiger partial charge in [-0.3, -0.25) is 9.36 Å². The zero-order chi connectivity index (χ0) is 31.5. The Labute approximate surface area is 269 Å². The van der Waals surface area contributed by atoms with Gasteiger partial charge in [0.1, 0.15) is 6.61 Å². The lowest BCUT2D eigenvalue weighted by molar-refractivity contribution is -0.139. The van der Waals surface area contributed by atoms with E-state index >= 15 is 0 Å². The van der Waals surface area contributed by atoms with Gasteiger partial charge in [-0.05, 0) is 99.7 Å². The Bertz CT molecular complexity index is 1930. The Morgan fingerprint density at radius 3 is 2.41 bits per heavy atom. The summed E-state index contributed by atoms with van der Waals surface area (Å²) in [6.45, 7) is 12.9. The van der Waals surface area contributed by atoms with Crippen molar-refractivity contribution in [3.63, 3.8) is 0 Å². The number of nitrogens with zero attached hydrogens (tertiary/aromatic N) is 2. The number of carbonyl (C=O) groups is 1. The van der Waals surface area contributed by atoms with Crippen molar-refractivity contribution in [2.75, 3.05) is 13.2 Å². The SMILES string of the molecule is CCOC(=O)C1=C(C)N=c2s/c(=C\c3ccc(OCc4c(C)cc(C)cc4C)c(OCC)c3)c(=O)n2[C@@H]1c1cccc(Br)c1. The number of carbonyl (C=O) groups excluding carboxylic acids is 1. The molecule has 0 aliphatic carbocycles. The minimum atomic E-state index is -0.673. The van der Waals surface area contributed by atoms with Gasteiger partial charge in [-0.1, -0.05) is 63.2 Å². The Morgan fingerprint density at radius 1 is 0.977 bits per heavy atom. The third kappa shape index (κ3) is 6.44. The third-order valence-electron chi connectivity index (χ3n) is 7.46. The van der Waals surface area contributed by atoms with Gasteiger partial charge in [0.05, 0.1) is 35.1 Å². The van der Waals surface area contributed by atoms with E-state index in [1.807, 2.05) is 55.5 Å². The predicted molar refractivity (Wildman–Crippen MR) is 177 cm³/mol. The molecule has 0 saturated heterocycles. The molecule has 9 heteroatoms. The number of ether oxygens (including phenoxy) is 3. The first-order valence-electron chi connectivity index (χ1n) is 14.5. The van der Waals surface area contributed by atoms with Crippen molar-refractivity contribution < 1.29 is 19.0 Å². The Kier molecular flexibility index (Phi) is 9.56. The van der Waals surface area contributed by atoms with Gasteiger partial charge in [0, 0.05) is 4.47 Å². The molecule has 0 radical (unpaired) electrons. The van der Waals surface area contributed by atoms with Crippen LogP contribution in [0.4, 0.5) is 0 Å². The maximum absolute atomic E-state index is 14.0. The fourth-order valence-electron chi connectivity index (χ4n) is 5.52. The van der Waals surface area contributed by atoms with E-state index in [0.717, 1.165) is 21.2 Å². The number of esters is 1. The Morgan fingerprint density at radius 2 is 1.73 bits per heavy atom. The van der Waals surface area contributed by atoms with Gasteiger partial charge >= 0.3 is 5.97 Å². The Hall–Kier alpha value is -3.95. The van der Waals surface area contributed by atoms with Crippen LogP contribution in [0.1, 0.15) is 60.2 Å². The van der Waals surface area contributed by atoms with Crippen LogP contribution in [-0.4, -0.2) is 23.8 Å². The maximum Gasteiger partial charge on any atom is 0.338 e. The number of rotatable bonds is 9.